The fourth-order valence-corrected chi connectivity index (χ4v) is 2.95. The van der Waals surface area contributed by atoms with Crippen LogP contribution in [0.3, 0.4) is 0 Å². The van der Waals surface area contributed by atoms with E-state index in [9.17, 15) is 9.59 Å². The average molecular weight is 391 g/mol. The lowest BCUT2D eigenvalue weighted by Crippen LogP contribution is -2.47. The van der Waals surface area contributed by atoms with Crippen molar-refractivity contribution in [3.63, 3.8) is 0 Å². The van der Waals surface area contributed by atoms with E-state index >= 15 is 0 Å². The molecule has 0 aliphatic rings. The fourth-order valence-electron chi connectivity index (χ4n) is 2.95. The summed E-state index contributed by atoms with van der Waals surface area (Å²) in [6.45, 7) is 16.4. The van der Waals surface area contributed by atoms with Crippen LogP contribution in [0.4, 0.5) is 0 Å². The van der Waals surface area contributed by atoms with Gasteiger partial charge in [0.25, 0.3) is 0 Å². The van der Waals surface area contributed by atoms with Crippen LogP contribution in [-0.4, -0.2) is 24.5 Å². The predicted molar refractivity (Wildman–Crippen MR) is 114 cm³/mol. The van der Waals surface area contributed by atoms with E-state index in [-0.39, 0.29) is 36.1 Å². The van der Waals surface area contributed by atoms with Gasteiger partial charge in [-0.15, -0.1) is 0 Å². The highest BCUT2D eigenvalue weighted by Gasteiger charge is 2.27. The Balaban J connectivity index is 2.85. The summed E-state index contributed by atoms with van der Waals surface area (Å²) < 4.78 is 5.85. The van der Waals surface area contributed by atoms with Crippen molar-refractivity contribution in [3.8, 4) is 5.75 Å². The number of hydrogen-bond acceptors (Lipinski definition) is 4. The molecule has 0 radical (unpaired) electrons. The summed E-state index contributed by atoms with van der Waals surface area (Å²) in [5.74, 6) is 0.776. The molecule has 0 aliphatic heterocycles. The highest BCUT2D eigenvalue weighted by molar-refractivity contribution is 5.82. The number of carbonyl (C=O) groups excluding carboxylic acids is 2. The Bertz CT molecular complexity index is 652. The Kier molecular flexibility index (Phi) is 8.68. The second kappa shape index (κ2) is 10.1. The van der Waals surface area contributed by atoms with Gasteiger partial charge in [0, 0.05) is 6.54 Å². The molecular weight excluding hydrogens is 352 g/mol. The number of rotatable bonds is 9. The molecule has 0 saturated carbocycles. The van der Waals surface area contributed by atoms with Crippen LogP contribution in [0.25, 0.3) is 0 Å². The first-order valence-corrected chi connectivity index (χ1v) is 10.2. The molecule has 1 rings (SSSR count). The minimum atomic E-state index is -0.547. The lowest BCUT2D eigenvalue weighted by atomic mass is 9.89. The highest BCUT2D eigenvalue weighted by Crippen LogP contribution is 2.35. The molecule has 0 bridgehead atoms. The summed E-state index contributed by atoms with van der Waals surface area (Å²) in [5, 5.41) is 2.86. The zero-order valence-electron chi connectivity index (χ0n) is 18.8. The van der Waals surface area contributed by atoms with Crippen LogP contribution in [0.15, 0.2) is 18.2 Å². The monoisotopic (exact) mass is 390 g/mol. The van der Waals surface area contributed by atoms with Gasteiger partial charge in [-0.25, -0.2) is 0 Å². The lowest BCUT2D eigenvalue weighted by Gasteiger charge is -2.26. The Hall–Kier alpha value is -1.88. The lowest BCUT2D eigenvalue weighted by molar-refractivity contribution is -0.137. The third kappa shape index (κ3) is 6.93. The molecule has 5 nitrogen and oxygen atoms in total. The summed E-state index contributed by atoms with van der Waals surface area (Å²) in [7, 11) is 0. The van der Waals surface area contributed by atoms with Crippen LogP contribution < -0.4 is 15.8 Å². The number of nitrogens with two attached hydrogens (primary N) is 1. The first-order valence-electron chi connectivity index (χ1n) is 10.2. The number of esters is 1. The third-order valence-corrected chi connectivity index (χ3v) is 4.92. The Morgan fingerprint density at radius 2 is 1.54 bits per heavy atom. The number of ether oxygens (including phenoxy) is 1. The van der Waals surface area contributed by atoms with Gasteiger partial charge in [-0.2, -0.15) is 0 Å². The van der Waals surface area contributed by atoms with E-state index < -0.39 is 11.5 Å². The van der Waals surface area contributed by atoms with Crippen LogP contribution in [0, 0.1) is 11.3 Å². The van der Waals surface area contributed by atoms with Crippen LogP contribution in [0.1, 0.15) is 84.8 Å². The molecule has 1 aromatic carbocycles. The van der Waals surface area contributed by atoms with Crippen molar-refractivity contribution in [1.29, 1.82) is 0 Å². The molecule has 0 unspecified atom stereocenters. The minimum absolute atomic E-state index is 0.0649. The fraction of sp³-hybridized carbons (Fsp3) is 0.652. The molecule has 0 heterocycles. The minimum Gasteiger partial charge on any atom is -0.426 e. The van der Waals surface area contributed by atoms with Gasteiger partial charge in [0.15, 0.2) is 0 Å². The van der Waals surface area contributed by atoms with Crippen molar-refractivity contribution in [2.45, 2.75) is 79.7 Å². The number of para-hydroxylation sites is 1. The van der Waals surface area contributed by atoms with Crippen molar-refractivity contribution >= 4 is 11.9 Å². The number of carbonyl (C=O) groups is 2. The van der Waals surface area contributed by atoms with Crippen LogP contribution in [-0.2, 0) is 9.59 Å². The molecule has 0 spiro atoms. The predicted octanol–water partition coefficient (Wildman–Crippen LogP) is 4.35. The summed E-state index contributed by atoms with van der Waals surface area (Å²) in [6.07, 6.45) is 0.203. The van der Waals surface area contributed by atoms with Gasteiger partial charge in [-0.1, -0.05) is 73.6 Å². The molecule has 158 valence electrons. The average Bonchev–Trinajstić information content (AvgIpc) is 2.58. The number of benzene rings is 1. The quantitative estimate of drug-likeness (QED) is 0.485. The van der Waals surface area contributed by atoms with Crippen LogP contribution in [0.2, 0.25) is 0 Å². The number of amides is 1. The molecule has 1 aromatic rings. The second-order valence-electron chi connectivity index (χ2n) is 9.38. The number of nitrogens with one attached hydrogen (secondary N) is 1. The highest BCUT2D eigenvalue weighted by atomic mass is 16.5. The van der Waals surface area contributed by atoms with Crippen molar-refractivity contribution in [2.24, 2.45) is 17.1 Å². The van der Waals surface area contributed by atoms with Crippen molar-refractivity contribution in [2.75, 3.05) is 6.54 Å². The largest absolute Gasteiger partial charge is 0.426 e. The standard InChI is InChI=1S/C23H38N2O3/c1-14(2)17-10-9-11-18(15(3)4)21(17)28-19(26)12-23(7,8)13-25-22(27)20(24)16(5)6/h9-11,14-16,20H,12-13,24H2,1-8H3,(H,25,27)/t20-/m0/s1. The van der Waals surface area contributed by atoms with E-state index in [1.807, 2.05) is 45.9 Å². The molecule has 0 saturated heterocycles. The van der Waals surface area contributed by atoms with Crippen LogP contribution >= 0.6 is 0 Å². The van der Waals surface area contributed by atoms with Crippen molar-refractivity contribution < 1.29 is 14.3 Å². The Labute approximate surface area is 170 Å². The molecular formula is C23H38N2O3. The summed E-state index contributed by atoms with van der Waals surface area (Å²) >= 11 is 0. The maximum atomic E-state index is 12.7. The second-order valence-corrected chi connectivity index (χ2v) is 9.38. The van der Waals surface area contributed by atoms with Gasteiger partial charge in [0.2, 0.25) is 5.91 Å². The topological polar surface area (TPSA) is 81.4 Å². The summed E-state index contributed by atoms with van der Waals surface area (Å²) in [5.41, 5.74) is 7.51. The molecule has 3 N–H and O–H groups in total. The Morgan fingerprint density at radius 3 is 1.96 bits per heavy atom. The normalized spacial score (nSPS) is 13.1. The van der Waals surface area contributed by atoms with Gasteiger partial charge in [-0.3, -0.25) is 9.59 Å². The first-order chi connectivity index (χ1) is 12.9. The van der Waals surface area contributed by atoms with Crippen LogP contribution in [0.5, 0.6) is 5.75 Å². The summed E-state index contributed by atoms with van der Waals surface area (Å²) in [4.78, 5) is 24.8. The smallest absolute Gasteiger partial charge is 0.311 e. The van der Waals surface area contributed by atoms with Gasteiger partial charge in [-0.05, 0) is 34.3 Å². The maximum Gasteiger partial charge on any atom is 0.311 e. The molecule has 0 aliphatic carbocycles. The van der Waals surface area contributed by atoms with Gasteiger partial charge in [0.1, 0.15) is 5.75 Å². The zero-order chi connectivity index (χ0) is 21.6. The molecule has 1 atom stereocenters. The third-order valence-electron chi connectivity index (χ3n) is 4.92. The summed E-state index contributed by atoms with van der Waals surface area (Å²) in [6, 6.07) is 5.49. The van der Waals surface area contributed by atoms with E-state index in [0.717, 1.165) is 11.1 Å². The van der Waals surface area contributed by atoms with E-state index in [1.165, 1.54) is 0 Å². The van der Waals surface area contributed by atoms with Crippen molar-refractivity contribution in [1.82, 2.24) is 5.32 Å². The van der Waals surface area contributed by atoms with E-state index in [2.05, 4.69) is 33.0 Å². The van der Waals surface area contributed by atoms with Gasteiger partial charge in [0.05, 0.1) is 12.5 Å². The van der Waals surface area contributed by atoms with Gasteiger partial charge >= 0.3 is 5.97 Å². The van der Waals surface area contributed by atoms with E-state index in [1.54, 1.807) is 0 Å². The number of hydrogen-bond donors (Lipinski definition) is 2. The molecule has 5 heteroatoms. The Morgan fingerprint density at radius 1 is 1.04 bits per heavy atom. The molecule has 0 fully saturated rings. The molecule has 28 heavy (non-hydrogen) atoms. The SMILES string of the molecule is CC(C)c1cccc(C(C)C)c1OC(=O)CC(C)(C)CNC(=O)[C@@H](N)C(C)C. The zero-order valence-corrected chi connectivity index (χ0v) is 18.8. The van der Waals surface area contributed by atoms with Crippen molar-refractivity contribution in [3.05, 3.63) is 29.3 Å². The first kappa shape index (κ1) is 24.2. The maximum absolute atomic E-state index is 12.7. The molecule has 0 aromatic heterocycles. The van der Waals surface area contributed by atoms with Gasteiger partial charge < -0.3 is 15.8 Å². The molecule has 1 amide bonds. The van der Waals surface area contributed by atoms with E-state index in [4.69, 9.17) is 10.5 Å². The van der Waals surface area contributed by atoms with E-state index in [0.29, 0.717) is 12.3 Å².